The lowest BCUT2D eigenvalue weighted by Crippen LogP contribution is -2.43. The second kappa shape index (κ2) is 6.85. The molecule has 0 amide bonds. The molecule has 0 aliphatic heterocycles. The van der Waals surface area contributed by atoms with Crippen molar-refractivity contribution >= 4 is 6.29 Å². The standard InChI is InChI=1S/C22H32O3/c1-15(2)17-8-9-21(3)10-11-22(4)18(20(17)21)7-6-16(13-23)12-19(22)25-14-24-5/h6-7,13,15,19H,8-12,14H2,1-5H3/t19-,21-,22+/m1/s1. The first-order valence-electron chi connectivity index (χ1n) is 9.56. The van der Waals surface area contributed by atoms with Gasteiger partial charge in [-0.1, -0.05) is 45.4 Å². The van der Waals surface area contributed by atoms with E-state index in [9.17, 15) is 4.79 Å². The summed E-state index contributed by atoms with van der Waals surface area (Å²) in [4.78, 5) is 11.5. The van der Waals surface area contributed by atoms with Crippen molar-refractivity contribution in [1.82, 2.24) is 0 Å². The molecule has 138 valence electrons. The molecule has 3 nitrogen and oxygen atoms in total. The summed E-state index contributed by atoms with van der Waals surface area (Å²) in [5.41, 5.74) is 5.59. The number of aldehydes is 1. The first-order chi connectivity index (χ1) is 11.9. The van der Waals surface area contributed by atoms with E-state index in [1.54, 1.807) is 18.3 Å². The lowest BCUT2D eigenvalue weighted by atomic mass is 9.57. The zero-order valence-electron chi connectivity index (χ0n) is 16.4. The van der Waals surface area contributed by atoms with Gasteiger partial charge >= 0.3 is 0 Å². The van der Waals surface area contributed by atoms with Gasteiger partial charge in [-0.2, -0.15) is 0 Å². The number of carbonyl (C=O) groups is 1. The van der Waals surface area contributed by atoms with Crippen LogP contribution in [-0.4, -0.2) is 26.3 Å². The molecule has 25 heavy (non-hydrogen) atoms. The van der Waals surface area contributed by atoms with Gasteiger partial charge in [0.1, 0.15) is 13.1 Å². The number of methoxy groups -OCH3 is 1. The molecule has 0 bridgehead atoms. The lowest BCUT2D eigenvalue weighted by Gasteiger charge is -2.49. The van der Waals surface area contributed by atoms with Crippen molar-refractivity contribution in [2.45, 2.75) is 65.9 Å². The number of hydrogen-bond donors (Lipinski definition) is 0. The van der Waals surface area contributed by atoms with Crippen molar-refractivity contribution < 1.29 is 14.3 Å². The average Bonchev–Trinajstić information content (AvgIpc) is 2.86. The molecule has 0 heterocycles. The maximum Gasteiger partial charge on any atom is 0.146 e. The molecular formula is C22H32O3. The van der Waals surface area contributed by atoms with Gasteiger partial charge in [-0.25, -0.2) is 0 Å². The van der Waals surface area contributed by atoms with Gasteiger partial charge in [-0.05, 0) is 53.7 Å². The summed E-state index contributed by atoms with van der Waals surface area (Å²) >= 11 is 0. The summed E-state index contributed by atoms with van der Waals surface area (Å²) in [5, 5.41) is 0. The van der Waals surface area contributed by atoms with Crippen molar-refractivity contribution in [2.24, 2.45) is 16.7 Å². The molecule has 0 spiro atoms. The van der Waals surface area contributed by atoms with Crippen molar-refractivity contribution in [1.29, 1.82) is 0 Å². The van der Waals surface area contributed by atoms with E-state index < -0.39 is 0 Å². The summed E-state index contributed by atoms with van der Waals surface area (Å²) in [7, 11) is 1.65. The Kier molecular flexibility index (Phi) is 5.09. The van der Waals surface area contributed by atoms with E-state index in [1.165, 1.54) is 24.8 Å². The second-order valence-electron chi connectivity index (χ2n) is 8.74. The number of hydrogen-bond acceptors (Lipinski definition) is 3. The third-order valence-electron chi connectivity index (χ3n) is 6.78. The van der Waals surface area contributed by atoms with Gasteiger partial charge in [0, 0.05) is 18.9 Å². The molecule has 0 N–H and O–H groups in total. The van der Waals surface area contributed by atoms with Gasteiger partial charge in [0.05, 0.1) is 6.10 Å². The SMILES string of the molecule is COCO[C@@H]1CC(C=O)=CC=C2C3=C(C(C)C)CC[C@]3(C)CC[C@@]21C. The summed E-state index contributed by atoms with van der Waals surface area (Å²) in [5.74, 6) is 0.566. The van der Waals surface area contributed by atoms with Crippen LogP contribution in [0.5, 0.6) is 0 Å². The van der Waals surface area contributed by atoms with E-state index in [4.69, 9.17) is 9.47 Å². The Labute approximate surface area is 152 Å². The predicted molar refractivity (Wildman–Crippen MR) is 100 cm³/mol. The summed E-state index contributed by atoms with van der Waals surface area (Å²) in [6.07, 6.45) is 10.6. The van der Waals surface area contributed by atoms with Crippen molar-refractivity contribution in [3.05, 3.63) is 34.4 Å². The molecule has 3 atom stereocenters. The number of carbonyl (C=O) groups excluding carboxylic acids is 1. The largest absolute Gasteiger partial charge is 0.359 e. The maximum atomic E-state index is 11.5. The summed E-state index contributed by atoms with van der Waals surface area (Å²) in [6.45, 7) is 9.64. The molecule has 1 saturated carbocycles. The molecule has 0 aromatic heterocycles. The first kappa shape index (κ1) is 18.6. The molecule has 1 fully saturated rings. The number of fused-ring (bicyclic) bond motifs is 3. The molecule has 3 heteroatoms. The smallest absolute Gasteiger partial charge is 0.146 e. The average molecular weight is 344 g/mol. The number of ether oxygens (including phenoxy) is 2. The third-order valence-corrected chi connectivity index (χ3v) is 6.78. The molecule has 3 aliphatic carbocycles. The van der Waals surface area contributed by atoms with Crippen LogP contribution in [0.1, 0.15) is 59.8 Å². The molecule has 0 saturated heterocycles. The summed E-state index contributed by atoms with van der Waals surface area (Å²) < 4.78 is 11.3. The van der Waals surface area contributed by atoms with Crippen LogP contribution in [0.15, 0.2) is 34.4 Å². The minimum atomic E-state index is -0.0703. The van der Waals surface area contributed by atoms with E-state index in [0.717, 1.165) is 18.3 Å². The highest BCUT2D eigenvalue weighted by atomic mass is 16.7. The Morgan fingerprint density at radius 2 is 2.00 bits per heavy atom. The molecule has 0 aromatic carbocycles. The third kappa shape index (κ3) is 3.06. The fourth-order valence-corrected chi connectivity index (χ4v) is 5.12. The number of allylic oxidation sites excluding steroid dienone is 4. The van der Waals surface area contributed by atoms with E-state index in [-0.39, 0.29) is 23.7 Å². The van der Waals surface area contributed by atoms with Crippen LogP contribution in [0.3, 0.4) is 0 Å². The van der Waals surface area contributed by atoms with Gasteiger partial charge in [0.2, 0.25) is 0 Å². The predicted octanol–water partition coefficient (Wildman–Crippen LogP) is 4.98. The van der Waals surface area contributed by atoms with E-state index in [1.807, 2.05) is 6.08 Å². The Morgan fingerprint density at radius 1 is 1.24 bits per heavy atom. The minimum absolute atomic E-state index is 0.0243. The van der Waals surface area contributed by atoms with E-state index >= 15 is 0 Å². The topological polar surface area (TPSA) is 35.5 Å². The Hall–Kier alpha value is -1.19. The molecule has 0 radical (unpaired) electrons. The lowest BCUT2D eigenvalue weighted by molar-refractivity contribution is -0.115. The highest BCUT2D eigenvalue weighted by molar-refractivity contribution is 5.74. The summed E-state index contributed by atoms with van der Waals surface area (Å²) in [6, 6.07) is 0. The van der Waals surface area contributed by atoms with Crippen LogP contribution in [0.4, 0.5) is 0 Å². The fourth-order valence-electron chi connectivity index (χ4n) is 5.12. The molecule has 0 aromatic rings. The maximum absolute atomic E-state index is 11.5. The van der Waals surface area contributed by atoms with Crippen LogP contribution in [-0.2, 0) is 14.3 Å². The van der Waals surface area contributed by atoms with Crippen LogP contribution >= 0.6 is 0 Å². The fraction of sp³-hybridized carbons (Fsp3) is 0.682. The van der Waals surface area contributed by atoms with Gasteiger partial charge < -0.3 is 9.47 Å². The van der Waals surface area contributed by atoms with Crippen molar-refractivity contribution in [3.63, 3.8) is 0 Å². The number of rotatable bonds is 5. The van der Waals surface area contributed by atoms with Gasteiger partial charge in [0.25, 0.3) is 0 Å². The molecule has 3 rings (SSSR count). The van der Waals surface area contributed by atoms with Crippen molar-refractivity contribution in [2.75, 3.05) is 13.9 Å². The van der Waals surface area contributed by atoms with Crippen LogP contribution in [0.2, 0.25) is 0 Å². The van der Waals surface area contributed by atoms with Crippen LogP contribution < -0.4 is 0 Å². The van der Waals surface area contributed by atoms with Gasteiger partial charge in [0.15, 0.2) is 0 Å². The normalized spacial score (nSPS) is 35.0. The Balaban J connectivity index is 2.13. The zero-order valence-corrected chi connectivity index (χ0v) is 16.4. The second-order valence-corrected chi connectivity index (χ2v) is 8.74. The Morgan fingerprint density at radius 3 is 2.64 bits per heavy atom. The van der Waals surface area contributed by atoms with Gasteiger partial charge in [-0.3, -0.25) is 4.79 Å². The quantitative estimate of drug-likeness (QED) is 0.521. The van der Waals surface area contributed by atoms with Crippen LogP contribution in [0, 0.1) is 16.7 Å². The highest BCUT2D eigenvalue weighted by Crippen LogP contribution is 2.62. The minimum Gasteiger partial charge on any atom is -0.359 e. The van der Waals surface area contributed by atoms with Gasteiger partial charge in [-0.15, -0.1) is 0 Å². The zero-order chi connectivity index (χ0) is 18.2. The van der Waals surface area contributed by atoms with E-state index in [2.05, 4.69) is 33.8 Å². The monoisotopic (exact) mass is 344 g/mol. The molecule has 3 aliphatic rings. The first-order valence-corrected chi connectivity index (χ1v) is 9.56. The highest BCUT2D eigenvalue weighted by Gasteiger charge is 2.52. The van der Waals surface area contributed by atoms with Crippen LogP contribution in [0.25, 0.3) is 0 Å². The Bertz CT molecular complexity index is 640. The van der Waals surface area contributed by atoms with Crippen molar-refractivity contribution in [3.8, 4) is 0 Å². The molecule has 0 unspecified atom stereocenters. The molecular weight excluding hydrogens is 312 g/mol. The van der Waals surface area contributed by atoms with E-state index in [0.29, 0.717) is 12.3 Å².